The molecule has 1 heterocycles. The highest BCUT2D eigenvalue weighted by Crippen LogP contribution is 2.27. The third kappa shape index (κ3) is 3.23. The van der Waals surface area contributed by atoms with Crippen LogP contribution in [-0.4, -0.2) is 50.8 Å². The van der Waals surface area contributed by atoms with E-state index in [2.05, 4.69) is 22.3 Å². The first kappa shape index (κ1) is 14.0. The van der Waals surface area contributed by atoms with E-state index in [-0.39, 0.29) is 24.0 Å². The van der Waals surface area contributed by atoms with Crippen LogP contribution in [-0.2, 0) is 4.74 Å². The quantitative estimate of drug-likeness (QED) is 0.788. The maximum Gasteiger partial charge on any atom is 0.193 e. The molecule has 2 rings (SSSR count). The van der Waals surface area contributed by atoms with Crippen molar-refractivity contribution in [3.05, 3.63) is 0 Å². The van der Waals surface area contributed by atoms with Gasteiger partial charge in [0.2, 0.25) is 0 Å². The van der Waals surface area contributed by atoms with E-state index in [0.717, 1.165) is 25.6 Å². The fourth-order valence-electron chi connectivity index (χ4n) is 2.49. The van der Waals surface area contributed by atoms with Gasteiger partial charge in [-0.05, 0) is 12.8 Å². The monoisotopic (exact) mass is 339 g/mol. The van der Waals surface area contributed by atoms with E-state index in [0.29, 0.717) is 12.0 Å². The summed E-state index contributed by atoms with van der Waals surface area (Å²) < 4.78 is 5.47. The molecular weight excluding hydrogens is 317 g/mol. The van der Waals surface area contributed by atoms with E-state index in [1.165, 1.54) is 19.3 Å². The van der Waals surface area contributed by atoms with Crippen molar-refractivity contribution in [1.82, 2.24) is 10.2 Å². The molecule has 94 valence electrons. The second-order valence-corrected chi connectivity index (χ2v) is 4.47. The zero-order chi connectivity index (χ0) is 10.7. The van der Waals surface area contributed by atoms with Crippen molar-refractivity contribution >= 4 is 29.9 Å². The average Bonchev–Trinajstić information content (AvgIpc) is 2.83. The van der Waals surface area contributed by atoms with Crippen molar-refractivity contribution in [3.8, 4) is 0 Å². The van der Waals surface area contributed by atoms with Gasteiger partial charge in [0.1, 0.15) is 0 Å². The Kier molecular flexibility index (Phi) is 5.82. The van der Waals surface area contributed by atoms with Gasteiger partial charge < -0.3 is 15.0 Å². The Balaban J connectivity index is 0.00000128. The molecule has 0 aromatic rings. The van der Waals surface area contributed by atoms with Crippen LogP contribution >= 0.6 is 24.0 Å². The fraction of sp³-hybridized carbons (Fsp3) is 0.909. The Labute approximate surface area is 115 Å². The molecular formula is C11H22IN3O. The first-order chi connectivity index (χ1) is 7.31. The van der Waals surface area contributed by atoms with Crippen molar-refractivity contribution in [2.75, 3.05) is 33.8 Å². The molecule has 1 aliphatic carbocycles. The van der Waals surface area contributed by atoms with E-state index in [1.54, 1.807) is 0 Å². The van der Waals surface area contributed by atoms with Gasteiger partial charge in [0.25, 0.3) is 0 Å². The molecule has 4 nitrogen and oxygen atoms in total. The number of rotatable bonds is 3. The maximum absolute atomic E-state index is 5.47. The van der Waals surface area contributed by atoms with Crippen molar-refractivity contribution in [3.63, 3.8) is 0 Å². The summed E-state index contributed by atoms with van der Waals surface area (Å²) in [6.07, 6.45) is 4.24. The smallest absolute Gasteiger partial charge is 0.193 e. The summed E-state index contributed by atoms with van der Waals surface area (Å²) in [6, 6.07) is 0. The molecule has 0 bridgehead atoms. The van der Waals surface area contributed by atoms with E-state index in [9.17, 15) is 0 Å². The average molecular weight is 339 g/mol. The molecule has 0 radical (unpaired) electrons. The molecule has 1 aliphatic heterocycles. The van der Waals surface area contributed by atoms with Gasteiger partial charge in [-0.1, -0.05) is 6.42 Å². The van der Waals surface area contributed by atoms with Gasteiger partial charge in [0, 0.05) is 33.2 Å². The minimum atomic E-state index is 0. The summed E-state index contributed by atoms with van der Waals surface area (Å²) in [7, 11) is 3.91. The fourth-order valence-corrected chi connectivity index (χ4v) is 2.49. The van der Waals surface area contributed by atoms with E-state index in [4.69, 9.17) is 4.74 Å². The second kappa shape index (κ2) is 6.64. The van der Waals surface area contributed by atoms with Gasteiger partial charge in [0.05, 0.1) is 12.6 Å². The molecule has 1 N–H and O–H groups in total. The highest BCUT2D eigenvalue weighted by molar-refractivity contribution is 14.0. The number of hydrogen-bond acceptors (Lipinski definition) is 4. The third-order valence-electron chi connectivity index (χ3n) is 3.47. The van der Waals surface area contributed by atoms with Crippen LogP contribution in [0.5, 0.6) is 0 Å². The van der Waals surface area contributed by atoms with Gasteiger partial charge in [-0.2, -0.15) is 0 Å². The van der Waals surface area contributed by atoms with Crippen molar-refractivity contribution in [1.29, 1.82) is 0 Å². The third-order valence-corrected chi connectivity index (χ3v) is 3.47. The maximum atomic E-state index is 5.47. The number of likely N-dealkylation sites (N-methyl/N-ethyl adjacent to an activating group) is 1. The van der Waals surface area contributed by atoms with E-state index < -0.39 is 0 Å². The first-order valence-corrected chi connectivity index (χ1v) is 5.83. The second-order valence-electron chi connectivity index (χ2n) is 4.47. The summed E-state index contributed by atoms with van der Waals surface area (Å²) in [5.41, 5.74) is 0. The number of guanidine groups is 1. The predicted octanol–water partition coefficient (Wildman–Crippen LogP) is 1.31. The number of hydrogen-bond donors (Lipinski definition) is 1. The van der Waals surface area contributed by atoms with Crippen LogP contribution in [0.2, 0.25) is 0 Å². The Morgan fingerprint density at radius 1 is 1.50 bits per heavy atom. The van der Waals surface area contributed by atoms with Gasteiger partial charge in [-0.15, -0.1) is 24.0 Å². The van der Waals surface area contributed by atoms with Crippen LogP contribution in [0.1, 0.15) is 19.3 Å². The largest absolute Gasteiger partial charge is 0.381 e. The standard InChI is InChI=1S/C11H21N3O.HI/c1-14-7-6-12-11(14)13-8-9-4-3-5-10(9)15-2;/h9-10H,3-8H2,1-2H3,(H,12,13);1H. The first-order valence-electron chi connectivity index (χ1n) is 5.83. The lowest BCUT2D eigenvalue weighted by atomic mass is 10.1. The summed E-state index contributed by atoms with van der Waals surface area (Å²) in [5, 5.41) is 3.43. The lowest BCUT2D eigenvalue weighted by Gasteiger charge is -2.21. The van der Waals surface area contributed by atoms with Crippen molar-refractivity contribution in [2.45, 2.75) is 25.4 Å². The highest BCUT2D eigenvalue weighted by Gasteiger charge is 2.27. The number of halogens is 1. The Morgan fingerprint density at radius 2 is 2.31 bits per heavy atom. The highest BCUT2D eigenvalue weighted by atomic mass is 127. The zero-order valence-corrected chi connectivity index (χ0v) is 12.4. The molecule has 0 saturated heterocycles. The minimum Gasteiger partial charge on any atom is -0.381 e. The van der Waals surface area contributed by atoms with Crippen LogP contribution in [0.4, 0.5) is 0 Å². The lowest BCUT2D eigenvalue weighted by Crippen LogP contribution is -2.39. The van der Waals surface area contributed by atoms with E-state index >= 15 is 0 Å². The van der Waals surface area contributed by atoms with Crippen LogP contribution in [0, 0.1) is 5.92 Å². The van der Waals surface area contributed by atoms with Crippen molar-refractivity contribution < 1.29 is 4.74 Å². The van der Waals surface area contributed by atoms with Gasteiger partial charge >= 0.3 is 0 Å². The molecule has 0 spiro atoms. The minimum absolute atomic E-state index is 0. The SMILES string of the molecule is COC1CCCC1CNC1=NCCN1C.I. The Hall–Kier alpha value is -0.0400. The number of nitrogens with zero attached hydrogens (tertiary/aromatic N) is 2. The summed E-state index contributed by atoms with van der Waals surface area (Å²) in [5.74, 6) is 1.71. The van der Waals surface area contributed by atoms with Gasteiger partial charge in [0.15, 0.2) is 5.96 Å². The van der Waals surface area contributed by atoms with E-state index in [1.807, 2.05) is 7.11 Å². The molecule has 2 atom stereocenters. The number of methoxy groups -OCH3 is 1. The van der Waals surface area contributed by atoms with Crippen LogP contribution in [0.25, 0.3) is 0 Å². The molecule has 2 unspecified atom stereocenters. The topological polar surface area (TPSA) is 36.9 Å². The molecule has 0 amide bonds. The lowest BCUT2D eigenvalue weighted by molar-refractivity contribution is 0.0724. The van der Waals surface area contributed by atoms with Gasteiger partial charge in [-0.3, -0.25) is 4.99 Å². The molecule has 0 aromatic carbocycles. The number of aliphatic imine (C=N–C) groups is 1. The Bertz CT molecular complexity index is 247. The Morgan fingerprint density at radius 3 is 2.94 bits per heavy atom. The van der Waals surface area contributed by atoms with Crippen LogP contribution in [0.3, 0.4) is 0 Å². The molecule has 5 heteroatoms. The normalized spacial score (nSPS) is 28.9. The molecule has 0 aromatic heterocycles. The van der Waals surface area contributed by atoms with Crippen LogP contribution in [0.15, 0.2) is 4.99 Å². The van der Waals surface area contributed by atoms with Gasteiger partial charge in [-0.25, -0.2) is 0 Å². The molecule has 1 saturated carbocycles. The molecule has 2 aliphatic rings. The molecule has 16 heavy (non-hydrogen) atoms. The molecule has 1 fully saturated rings. The van der Waals surface area contributed by atoms with Crippen molar-refractivity contribution in [2.24, 2.45) is 10.9 Å². The van der Waals surface area contributed by atoms with Crippen LogP contribution < -0.4 is 5.32 Å². The summed E-state index contributed by atoms with van der Waals surface area (Å²) >= 11 is 0. The zero-order valence-electron chi connectivity index (χ0n) is 10.1. The summed E-state index contributed by atoms with van der Waals surface area (Å²) in [4.78, 5) is 6.60. The summed E-state index contributed by atoms with van der Waals surface area (Å²) in [6.45, 7) is 2.97. The predicted molar refractivity (Wildman–Crippen MR) is 76.5 cm³/mol. The number of nitrogens with one attached hydrogen (secondary N) is 1. The number of ether oxygens (including phenoxy) is 1.